The van der Waals surface area contributed by atoms with E-state index in [9.17, 15) is 4.79 Å². The molecule has 106 valence electrons. The lowest BCUT2D eigenvalue weighted by Gasteiger charge is -2.13. The summed E-state index contributed by atoms with van der Waals surface area (Å²) in [5.41, 5.74) is 2.40. The Morgan fingerprint density at radius 1 is 1.40 bits per heavy atom. The molecule has 2 aromatic heterocycles. The monoisotopic (exact) mass is 292 g/mol. The zero-order valence-corrected chi connectivity index (χ0v) is 12.5. The van der Waals surface area contributed by atoms with Crippen molar-refractivity contribution >= 4 is 23.2 Å². The quantitative estimate of drug-likeness (QED) is 0.942. The maximum Gasteiger partial charge on any atom is 0.229 e. The average molecular weight is 293 g/mol. The maximum absolute atomic E-state index is 12.1. The highest BCUT2D eigenvalue weighted by molar-refractivity contribution is 6.31. The summed E-state index contributed by atoms with van der Waals surface area (Å²) < 4.78 is 1.77. The molecule has 0 saturated heterocycles. The van der Waals surface area contributed by atoms with Crippen LogP contribution in [0.2, 0.25) is 5.02 Å². The van der Waals surface area contributed by atoms with Crippen LogP contribution < -0.4 is 5.32 Å². The first-order valence-electron chi connectivity index (χ1n) is 6.39. The molecule has 0 aromatic carbocycles. The van der Waals surface area contributed by atoms with Gasteiger partial charge in [-0.15, -0.1) is 0 Å². The van der Waals surface area contributed by atoms with Crippen LogP contribution in [0.1, 0.15) is 18.3 Å². The fourth-order valence-electron chi connectivity index (χ4n) is 1.90. The summed E-state index contributed by atoms with van der Waals surface area (Å²) in [6, 6.07) is 3.51. The zero-order chi connectivity index (χ0) is 14.7. The van der Waals surface area contributed by atoms with Gasteiger partial charge in [-0.3, -0.25) is 14.5 Å². The Balaban J connectivity index is 2.02. The number of aryl methyl sites for hydroxylation is 1. The minimum absolute atomic E-state index is 0.0557. The molecule has 0 aliphatic carbocycles. The second kappa shape index (κ2) is 6.05. The summed E-state index contributed by atoms with van der Waals surface area (Å²) in [6.45, 7) is 6.11. The molecule has 0 saturated carbocycles. The normalized spacial score (nSPS) is 12.2. The van der Waals surface area contributed by atoms with E-state index in [0.29, 0.717) is 11.6 Å². The fraction of sp³-hybridized carbons (Fsp3) is 0.357. The number of nitrogens with zero attached hydrogens (tertiary/aromatic N) is 3. The number of rotatable bonds is 4. The second-order valence-electron chi connectivity index (χ2n) is 4.79. The summed E-state index contributed by atoms with van der Waals surface area (Å²) in [7, 11) is 0. The number of hydrogen-bond donors (Lipinski definition) is 1. The van der Waals surface area contributed by atoms with E-state index in [1.54, 1.807) is 29.2 Å². The van der Waals surface area contributed by atoms with E-state index in [0.717, 1.165) is 17.1 Å². The Kier molecular flexibility index (Phi) is 4.39. The molecule has 2 heterocycles. The minimum Gasteiger partial charge on any atom is -0.326 e. The summed E-state index contributed by atoms with van der Waals surface area (Å²) in [4.78, 5) is 16.0. The van der Waals surface area contributed by atoms with Crippen molar-refractivity contribution in [3.05, 3.63) is 40.9 Å². The van der Waals surface area contributed by atoms with E-state index in [1.165, 1.54) is 0 Å². The van der Waals surface area contributed by atoms with Crippen LogP contribution in [0.4, 0.5) is 5.69 Å². The van der Waals surface area contributed by atoms with Crippen LogP contribution >= 0.6 is 11.6 Å². The summed E-state index contributed by atoms with van der Waals surface area (Å²) in [6.07, 6.45) is 3.28. The van der Waals surface area contributed by atoms with Gasteiger partial charge in [-0.2, -0.15) is 5.10 Å². The molecule has 0 radical (unpaired) electrons. The molecule has 0 aliphatic heterocycles. The molecule has 2 aromatic rings. The zero-order valence-electron chi connectivity index (χ0n) is 11.7. The van der Waals surface area contributed by atoms with Gasteiger partial charge in [0.15, 0.2) is 0 Å². The molecule has 1 N–H and O–H groups in total. The molecule has 0 spiro atoms. The van der Waals surface area contributed by atoms with Crippen molar-refractivity contribution in [3.8, 4) is 0 Å². The Hall–Kier alpha value is -1.88. The molecule has 1 amide bonds. The Labute approximate surface area is 123 Å². The van der Waals surface area contributed by atoms with Gasteiger partial charge in [-0.1, -0.05) is 18.5 Å². The number of pyridine rings is 1. The number of anilines is 1. The lowest BCUT2D eigenvalue weighted by atomic mass is 10.1. The molecule has 1 atom stereocenters. The first-order chi connectivity index (χ1) is 9.49. The lowest BCUT2D eigenvalue weighted by Crippen LogP contribution is -2.25. The molecular formula is C14H17ClN4O. The van der Waals surface area contributed by atoms with Crippen LogP contribution in [0.25, 0.3) is 0 Å². The number of amides is 1. The standard InChI is InChI=1S/C14H17ClN4O/c1-9(8-19-11(3)13(15)10(2)18-19)14(20)17-12-4-6-16-7-5-12/h4-7,9H,8H2,1-3H3,(H,16,17,20). The number of carbonyl (C=O) groups excluding carboxylic acids is 1. The largest absolute Gasteiger partial charge is 0.326 e. The van der Waals surface area contributed by atoms with Gasteiger partial charge in [0.1, 0.15) is 0 Å². The van der Waals surface area contributed by atoms with E-state index >= 15 is 0 Å². The Bertz CT molecular complexity index is 609. The molecule has 0 aliphatic rings. The van der Waals surface area contributed by atoms with Crippen LogP contribution in [0.15, 0.2) is 24.5 Å². The number of nitrogens with one attached hydrogen (secondary N) is 1. The van der Waals surface area contributed by atoms with E-state index in [-0.39, 0.29) is 11.8 Å². The summed E-state index contributed by atoms with van der Waals surface area (Å²) >= 11 is 6.10. The van der Waals surface area contributed by atoms with Crippen molar-refractivity contribution in [3.63, 3.8) is 0 Å². The predicted octanol–water partition coefficient (Wildman–Crippen LogP) is 2.82. The molecule has 6 heteroatoms. The fourth-order valence-corrected chi connectivity index (χ4v) is 2.03. The third-order valence-electron chi connectivity index (χ3n) is 3.14. The third-order valence-corrected chi connectivity index (χ3v) is 3.68. The number of carbonyl (C=O) groups is 1. The van der Waals surface area contributed by atoms with Gasteiger partial charge in [0.05, 0.1) is 28.9 Å². The smallest absolute Gasteiger partial charge is 0.229 e. The van der Waals surface area contributed by atoms with Crippen molar-refractivity contribution in [1.82, 2.24) is 14.8 Å². The van der Waals surface area contributed by atoms with Crippen LogP contribution in [0.5, 0.6) is 0 Å². The van der Waals surface area contributed by atoms with Gasteiger partial charge >= 0.3 is 0 Å². The first-order valence-corrected chi connectivity index (χ1v) is 6.77. The van der Waals surface area contributed by atoms with Gasteiger partial charge in [0, 0.05) is 18.1 Å². The van der Waals surface area contributed by atoms with Crippen LogP contribution in [-0.2, 0) is 11.3 Å². The van der Waals surface area contributed by atoms with Gasteiger partial charge in [-0.05, 0) is 26.0 Å². The van der Waals surface area contributed by atoms with Crippen LogP contribution in [-0.4, -0.2) is 20.7 Å². The lowest BCUT2D eigenvalue weighted by molar-refractivity contribution is -0.119. The van der Waals surface area contributed by atoms with Gasteiger partial charge in [0.2, 0.25) is 5.91 Å². The van der Waals surface area contributed by atoms with E-state index in [2.05, 4.69) is 15.4 Å². The summed E-state index contributed by atoms with van der Waals surface area (Å²) in [5.74, 6) is -0.267. The third kappa shape index (κ3) is 3.17. The minimum atomic E-state index is -0.211. The van der Waals surface area contributed by atoms with Crippen molar-refractivity contribution in [2.24, 2.45) is 5.92 Å². The molecule has 5 nitrogen and oxygen atoms in total. The number of aromatic nitrogens is 3. The summed E-state index contributed by atoms with van der Waals surface area (Å²) in [5, 5.41) is 7.84. The molecule has 20 heavy (non-hydrogen) atoms. The van der Waals surface area contributed by atoms with E-state index in [1.807, 2.05) is 20.8 Å². The highest BCUT2D eigenvalue weighted by Gasteiger charge is 2.17. The molecule has 2 rings (SSSR count). The van der Waals surface area contributed by atoms with Gasteiger partial charge in [0.25, 0.3) is 0 Å². The predicted molar refractivity (Wildman–Crippen MR) is 78.7 cm³/mol. The number of halogens is 1. The second-order valence-corrected chi connectivity index (χ2v) is 5.17. The average Bonchev–Trinajstić information content (AvgIpc) is 2.67. The highest BCUT2D eigenvalue weighted by Crippen LogP contribution is 2.20. The number of hydrogen-bond acceptors (Lipinski definition) is 3. The Morgan fingerprint density at radius 2 is 2.05 bits per heavy atom. The van der Waals surface area contributed by atoms with Crippen molar-refractivity contribution in [2.75, 3.05) is 5.32 Å². The molecular weight excluding hydrogens is 276 g/mol. The molecule has 0 fully saturated rings. The molecule has 0 bridgehead atoms. The Morgan fingerprint density at radius 3 is 2.60 bits per heavy atom. The van der Waals surface area contributed by atoms with Crippen molar-refractivity contribution < 1.29 is 4.79 Å². The van der Waals surface area contributed by atoms with Gasteiger partial charge < -0.3 is 5.32 Å². The van der Waals surface area contributed by atoms with E-state index in [4.69, 9.17) is 11.6 Å². The van der Waals surface area contributed by atoms with Gasteiger partial charge in [-0.25, -0.2) is 0 Å². The highest BCUT2D eigenvalue weighted by atomic mass is 35.5. The van der Waals surface area contributed by atoms with Crippen molar-refractivity contribution in [2.45, 2.75) is 27.3 Å². The van der Waals surface area contributed by atoms with Crippen molar-refractivity contribution in [1.29, 1.82) is 0 Å². The SMILES string of the molecule is Cc1nn(CC(C)C(=O)Nc2ccncc2)c(C)c1Cl. The molecule has 1 unspecified atom stereocenters. The first kappa shape index (κ1) is 14.5. The maximum atomic E-state index is 12.1. The van der Waals surface area contributed by atoms with Crippen LogP contribution in [0, 0.1) is 19.8 Å². The topological polar surface area (TPSA) is 59.8 Å². The van der Waals surface area contributed by atoms with E-state index < -0.39 is 0 Å². The van der Waals surface area contributed by atoms with Crippen LogP contribution in [0.3, 0.4) is 0 Å².